The number of nitrogens with zero attached hydrogens (tertiary/aromatic N) is 3. The van der Waals surface area contributed by atoms with Crippen LogP contribution in [0.25, 0.3) is 17.1 Å². The van der Waals surface area contributed by atoms with E-state index in [1.54, 1.807) is 18.2 Å². The van der Waals surface area contributed by atoms with Crippen molar-refractivity contribution in [2.75, 3.05) is 25.6 Å². The maximum Gasteiger partial charge on any atom is 0.196 e. The van der Waals surface area contributed by atoms with E-state index in [0.717, 1.165) is 11.3 Å². The van der Waals surface area contributed by atoms with Gasteiger partial charge in [0.1, 0.15) is 5.82 Å². The first-order valence-corrected chi connectivity index (χ1v) is 9.28. The summed E-state index contributed by atoms with van der Waals surface area (Å²) in [6.45, 7) is 2.82. The van der Waals surface area contributed by atoms with Gasteiger partial charge >= 0.3 is 0 Å². The van der Waals surface area contributed by atoms with Gasteiger partial charge in [-0.05, 0) is 31.2 Å². The molecule has 3 rings (SSSR count). The van der Waals surface area contributed by atoms with E-state index in [4.69, 9.17) is 9.84 Å². The van der Waals surface area contributed by atoms with E-state index in [0.29, 0.717) is 35.5 Å². The summed E-state index contributed by atoms with van der Waals surface area (Å²) in [6, 6.07) is 14.5. The van der Waals surface area contributed by atoms with Crippen molar-refractivity contribution in [2.24, 2.45) is 0 Å². The van der Waals surface area contributed by atoms with E-state index in [-0.39, 0.29) is 12.4 Å². The van der Waals surface area contributed by atoms with Crippen molar-refractivity contribution in [1.29, 1.82) is 0 Å². The van der Waals surface area contributed by atoms with Crippen molar-refractivity contribution in [2.45, 2.75) is 12.1 Å². The number of halogens is 1. The Hall–Kier alpha value is -2.22. The van der Waals surface area contributed by atoms with Crippen LogP contribution in [0, 0.1) is 12.7 Å². The molecule has 0 saturated carbocycles. The molecule has 0 unspecified atom stereocenters. The van der Waals surface area contributed by atoms with E-state index < -0.39 is 0 Å². The first-order chi connectivity index (χ1) is 12.7. The molecule has 0 saturated heterocycles. The van der Waals surface area contributed by atoms with E-state index in [9.17, 15) is 4.39 Å². The monoisotopic (exact) mass is 373 g/mol. The Morgan fingerprint density at radius 3 is 2.58 bits per heavy atom. The van der Waals surface area contributed by atoms with Gasteiger partial charge < -0.3 is 9.84 Å². The van der Waals surface area contributed by atoms with Gasteiger partial charge in [0, 0.05) is 11.4 Å². The Balaban J connectivity index is 1.95. The summed E-state index contributed by atoms with van der Waals surface area (Å²) in [7, 11) is 0. The summed E-state index contributed by atoms with van der Waals surface area (Å²) >= 11 is 1.48. The Labute approximate surface area is 155 Å². The van der Waals surface area contributed by atoms with Gasteiger partial charge in [-0.1, -0.05) is 41.6 Å². The largest absolute Gasteiger partial charge is 0.394 e. The Morgan fingerprint density at radius 2 is 1.85 bits per heavy atom. The zero-order chi connectivity index (χ0) is 18.4. The number of rotatable bonds is 8. The molecule has 2 aromatic carbocycles. The lowest BCUT2D eigenvalue weighted by Gasteiger charge is -2.11. The number of aliphatic hydroxyl groups excluding tert-OH is 1. The van der Waals surface area contributed by atoms with Gasteiger partial charge in [0.15, 0.2) is 11.0 Å². The molecular formula is C19H20FN3O2S. The van der Waals surface area contributed by atoms with E-state index in [1.165, 1.54) is 17.8 Å². The zero-order valence-electron chi connectivity index (χ0n) is 14.4. The van der Waals surface area contributed by atoms with Crippen molar-refractivity contribution in [3.05, 3.63) is 59.9 Å². The number of aryl methyl sites for hydroxylation is 1. The first-order valence-electron chi connectivity index (χ1n) is 8.29. The molecule has 0 bridgehead atoms. The van der Waals surface area contributed by atoms with E-state index in [2.05, 4.69) is 10.2 Å². The maximum atomic E-state index is 14.3. The predicted octanol–water partition coefficient (Wildman–Crippen LogP) is 3.48. The molecule has 0 aliphatic heterocycles. The highest BCUT2D eigenvalue weighted by Crippen LogP contribution is 2.29. The van der Waals surface area contributed by atoms with Gasteiger partial charge in [-0.15, -0.1) is 10.2 Å². The molecule has 0 aliphatic carbocycles. The summed E-state index contributed by atoms with van der Waals surface area (Å²) in [5.74, 6) is 0.781. The van der Waals surface area contributed by atoms with Crippen LogP contribution in [0.3, 0.4) is 0 Å². The summed E-state index contributed by atoms with van der Waals surface area (Å²) in [4.78, 5) is 0. The number of hydrogen-bond donors (Lipinski definition) is 1. The van der Waals surface area contributed by atoms with Crippen LogP contribution in [-0.4, -0.2) is 45.4 Å². The molecule has 0 atom stereocenters. The highest BCUT2D eigenvalue weighted by atomic mass is 32.2. The number of benzene rings is 2. The number of aromatic nitrogens is 3. The number of thioether (sulfide) groups is 1. The fourth-order valence-corrected chi connectivity index (χ4v) is 3.27. The van der Waals surface area contributed by atoms with Crippen LogP contribution in [0.2, 0.25) is 0 Å². The van der Waals surface area contributed by atoms with Crippen molar-refractivity contribution in [3.8, 4) is 17.1 Å². The Bertz CT molecular complexity index is 852. The topological polar surface area (TPSA) is 60.2 Å². The average Bonchev–Trinajstić information content (AvgIpc) is 3.06. The molecule has 3 aromatic rings. The van der Waals surface area contributed by atoms with Crippen molar-refractivity contribution in [3.63, 3.8) is 0 Å². The number of hydrogen-bond acceptors (Lipinski definition) is 5. The molecule has 5 nitrogen and oxygen atoms in total. The highest BCUT2D eigenvalue weighted by molar-refractivity contribution is 7.99. The molecule has 0 radical (unpaired) electrons. The molecule has 136 valence electrons. The third kappa shape index (κ3) is 4.30. The minimum Gasteiger partial charge on any atom is -0.394 e. The van der Waals surface area contributed by atoms with Gasteiger partial charge in [0.25, 0.3) is 0 Å². The van der Waals surface area contributed by atoms with Gasteiger partial charge in [-0.25, -0.2) is 4.39 Å². The lowest BCUT2D eigenvalue weighted by Crippen LogP contribution is -2.04. The second-order valence-electron chi connectivity index (χ2n) is 5.64. The van der Waals surface area contributed by atoms with Crippen LogP contribution in [-0.2, 0) is 4.74 Å². The second kappa shape index (κ2) is 8.93. The lowest BCUT2D eigenvalue weighted by molar-refractivity contribution is 0.103. The molecule has 0 aliphatic rings. The fourth-order valence-electron chi connectivity index (χ4n) is 2.47. The molecule has 7 heteroatoms. The van der Waals surface area contributed by atoms with E-state index in [1.807, 2.05) is 35.8 Å². The van der Waals surface area contributed by atoms with Crippen LogP contribution in [0.4, 0.5) is 4.39 Å². The normalized spacial score (nSPS) is 11.0. The summed E-state index contributed by atoms with van der Waals surface area (Å²) in [6.07, 6.45) is 0. The van der Waals surface area contributed by atoms with E-state index >= 15 is 0 Å². The third-order valence-corrected chi connectivity index (χ3v) is 4.63. The number of ether oxygens (including phenoxy) is 1. The standard InChI is InChI=1S/C19H20FN3O2S/c1-14-6-8-15(9-7-14)23-18(16-4-2-3-5-17(16)20)21-22-19(23)26-13-12-25-11-10-24/h2-9,24H,10-13H2,1H3. The van der Waals surface area contributed by atoms with Crippen LogP contribution in [0.1, 0.15) is 5.56 Å². The van der Waals surface area contributed by atoms with Crippen LogP contribution in [0.15, 0.2) is 53.7 Å². The molecule has 0 spiro atoms. The van der Waals surface area contributed by atoms with Gasteiger partial charge in [0.2, 0.25) is 0 Å². The maximum absolute atomic E-state index is 14.3. The zero-order valence-corrected chi connectivity index (χ0v) is 15.2. The first kappa shape index (κ1) is 18.6. The Kier molecular flexibility index (Phi) is 6.38. The molecule has 1 N–H and O–H groups in total. The van der Waals surface area contributed by atoms with Crippen molar-refractivity contribution in [1.82, 2.24) is 14.8 Å². The lowest BCUT2D eigenvalue weighted by atomic mass is 10.2. The Morgan fingerprint density at radius 1 is 1.08 bits per heavy atom. The van der Waals surface area contributed by atoms with Gasteiger partial charge in [-0.3, -0.25) is 4.57 Å². The molecule has 26 heavy (non-hydrogen) atoms. The van der Waals surface area contributed by atoms with Crippen molar-refractivity contribution >= 4 is 11.8 Å². The van der Waals surface area contributed by atoms with Crippen molar-refractivity contribution < 1.29 is 14.2 Å². The van der Waals surface area contributed by atoms with Crippen LogP contribution < -0.4 is 0 Å². The average molecular weight is 373 g/mol. The minimum absolute atomic E-state index is 0.00163. The van der Waals surface area contributed by atoms with Crippen LogP contribution in [0.5, 0.6) is 0 Å². The summed E-state index contributed by atoms with van der Waals surface area (Å²) < 4.78 is 21.4. The van der Waals surface area contributed by atoms with Gasteiger partial charge in [0.05, 0.1) is 25.4 Å². The summed E-state index contributed by atoms with van der Waals surface area (Å²) in [5.41, 5.74) is 2.42. The van der Waals surface area contributed by atoms with Crippen LogP contribution >= 0.6 is 11.8 Å². The molecular weight excluding hydrogens is 353 g/mol. The molecule has 0 amide bonds. The minimum atomic E-state index is -0.337. The quantitative estimate of drug-likeness (QED) is 0.484. The third-order valence-electron chi connectivity index (χ3n) is 3.73. The fraction of sp³-hybridized carbons (Fsp3) is 0.263. The summed E-state index contributed by atoms with van der Waals surface area (Å²) in [5, 5.41) is 17.9. The smallest absolute Gasteiger partial charge is 0.196 e. The SMILES string of the molecule is Cc1ccc(-n2c(SCCOCCO)nnc2-c2ccccc2F)cc1. The molecule has 1 aromatic heterocycles. The molecule has 0 fully saturated rings. The highest BCUT2D eigenvalue weighted by Gasteiger charge is 2.18. The predicted molar refractivity (Wildman–Crippen MR) is 100 cm³/mol. The second-order valence-corrected chi connectivity index (χ2v) is 6.70. The number of aliphatic hydroxyl groups is 1. The molecule has 1 heterocycles. The van der Waals surface area contributed by atoms with Gasteiger partial charge in [-0.2, -0.15) is 0 Å².